The van der Waals surface area contributed by atoms with Crippen molar-refractivity contribution in [1.82, 2.24) is 0 Å². The summed E-state index contributed by atoms with van der Waals surface area (Å²) in [5, 5.41) is 0. The summed E-state index contributed by atoms with van der Waals surface area (Å²) >= 11 is 0. The van der Waals surface area contributed by atoms with Crippen molar-refractivity contribution in [2.24, 2.45) is 17.3 Å². The molecule has 3 rings (SSSR count). The van der Waals surface area contributed by atoms with E-state index in [2.05, 4.69) is 0 Å². The van der Waals surface area contributed by atoms with E-state index in [1.807, 2.05) is 0 Å². The van der Waals surface area contributed by atoms with Crippen molar-refractivity contribution < 1.29 is 2.74 Å². The van der Waals surface area contributed by atoms with Crippen LogP contribution < -0.4 is 0 Å². The molecular weight excluding hydrogens is 120 g/mol. The number of hydrogen-bond acceptors (Lipinski definition) is 0. The van der Waals surface area contributed by atoms with Crippen LogP contribution in [0.5, 0.6) is 0 Å². The van der Waals surface area contributed by atoms with Crippen LogP contribution in [0.1, 0.15) is 47.6 Å². The number of rotatable bonds is 0. The molecule has 3 fully saturated rings. The van der Waals surface area contributed by atoms with Crippen LogP contribution in [0.25, 0.3) is 0 Å². The van der Waals surface area contributed by atoms with Crippen molar-refractivity contribution in [3.05, 3.63) is 0 Å². The number of fused-ring (bicyclic) bond motifs is 1. The number of hydrogen-bond donors (Lipinski definition) is 0. The molecule has 1 spiro atoms. The fourth-order valence-electron chi connectivity index (χ4n) is 3.49. The van der Waals surface area contributed by atoms with Gasteiger partial charge in [-0.25, -0.2) is 0 Å². The smallest absolute Gasteiger partial charge is 0.0272 e. The average molecular weight is 138 g/mol. The first-order valence-electron chi connectivity index (χ1n) is 5.74. The zero-order chi connectivity index (χ0) is 8.34. The van der Waals surface area contributed by atoms with Gasteiger partial charge in [-0.1, -0.05) is 6.42 Å². The van der Waals surface area contributed by atoms with Gasteiger partial charge in [0.25, 0.3) is 0 Å². The molecule has 2 bridgehead atoms. The van der Waals surface area contributed by atoms with E-state index in [1.54, 1.807) is 0 Å². The Morgan fingerprint density at radius 2 is 2.50 bits per heavy atom. The molecule has 0 heteroatoms. The molecule has 0 aromatic heterocycles. The van der Waals surface area contributed by atoms with E-state index in [9.17, 15) is 0 Å². The van der Waals surface area contributed by atoms with Gasteiger partial charge in [-0.2, -0.15) is 0 Å². The fourth-order valence-corrected chi connectivity index (χ4v) is 3.49. The lowest BCUT2D eigenvalue weighted by atomic mass is 9.78. The predicted octanol–water partition coefficient (Wildman–Crippen LogP) is 2.98. The van der Waals surface area contributed by atoms with Gasteiger partial charge in [0.15, 0.2) is 0 Å². The van der Waals surface area contributed by atoms with Gasteiger partial charge in [0.05, 0.1) is 0 Å². The quantitative estimate of drug-likeness (QED) is 0.482. The molecule has 0 aliphatic heterocycles. The maximum absolute atomic E-state index is 8.06. The summed E-state index contributed by atoms with van der Waals surface area (Å²) in [6.45, 7) is 0. The maximum atomic E-state index is 8.06. The van der Waals surface area contributed by atoms with Gasteiger partial charge < -0.3 is 0 Å². The molecule has 3 saturated carbocycles. The highest BCUT2D eigenvalue weighted by molar-refractivity contribution is 5.04. The summed E-state index contributed by atoms with van der Waals surface area (Å²) in [4.78, 5) is 0. The molecule has 0 aromatic rings. The normalized spacial score (nSPS) is 75.2. The van der Waals surface area contributed by atoms with Gasteiger partial charge >= 0.3 is 0 Å². The lowest BCUT2D eigenvalue weighted by molar-refractivity contribution is 0.227. The minimum atomic E-state index is -0.0423. The van der Waals surface area contributed by atoms with Crippen LogP contribution in [0.4, 0.5) is 0 Å². The highest BCUT2D eigenvalue weighted by Gasteiger charge is 2.53. The summed E-state index contributed by atoms with van der Waals surface area (Å²) in [6, 6.07) is 0. The molecule has 56 valence electrons. The Hall–Kier alpha value is 0. The molecular formula is C10H16. The van der Waals surface area contributed by atoms with Crippen molar-refractivity contribution in [2.45, 2.75) is 44.9 Å². The Kier molecular flexibility index (Phi) is 0.659. The van der Waals surface area contributed by atoms with Gasteiger partial charge in [-0.05, 0) is 55.7 Å². The van der Waals surface area contributed by atoms with Crippen molar-refractivity contribution in [2.75, 3.05) is 0 Å². The second-order valence-corrected chi connectivity index (χ2v) is 4.38. The summed E-state index contributed by atoms with van der Waals surface area (Å²) in [6.07, 6.45) is 6.38. The third-order valence-electron chi connectivity index (χ3n) is 3.94. The van der Waals surface area contributed by atoms with Gasteiger partial charge in [0, 0.05) is 2.74 Å². The van der Waals surface area contributed by atoms with Crippen LogP contribution in [-0.2, 0) is 0 Å². The van der Waals surface area contributed by atoms with Gasteiger partial charge in [-0.15, -0.1) is 0 Å². The summed E-state index contributed by atoms with van der Waals surface area (Å²) < 4.78 is 15.9. The fraction of sp³-hybridized carbons (Fsp3) is 1.00. The predicted molar refractivity (Wildman–Crippen MR) is 41.7 cm³/mol. The highest BCUT2D eigenvalue weighted by atomic mass is 14.6. The minimum Gasteiger partial charge on any atom is -0.0525 e. The Morgan fingerprint density at radius 3 is 3.40 bits per heavy atom. The zero-order valence-electron chi connectivity index (χ0n) is 8.34. The summed E-state index contributed by atoms with van der Waals surface area (Å²) in [5.74, 6) is 1.43. The zero-order valence-corrected chi connectivity index (χ0v) is 6.34. The molecule has 0 nitrogen and oxygen atoms in total. The van der Waals surface area contributed by atoms with Crippen LogP contribution in [0.2, 0.25) is 0 Å². The molecule has 5 atom stereocenters. The molecule has 0 N–H and O–H groups in total. The molecule has 0 radical (unpaired) electrons. The lowest BCUT2D eigenvalue weighted by Crippen LogP contribution is -2.18. The maximum Gasteiger partial charge on any atom is 0.0272 e. The topological polar surface area (TPSA) is 0 Å². The van der Waals surface area contributed by atoms with E-state index in [1.165, 1.54) is 32.1 Å². The van der Waals surface area contributed by atoms with Crippen LogP contribution in [0, 0.1) is 17.3 Å². The lowest BCUT2D eigenvalue weighted by Gasteiger charge is -2.27. The van der Waals surface area contributed by atoms with Crippen molar-refractivity contribution in [1.29, 1.82) is 0 Å². The first-order valence-corrected chi connectivity index (χ1v) is 4.58. The molecule has 3 aliphatic rings. The minimum absolute atomic E-state index is 0.0382. The van der Waals surface area contributed by atoms with E-state index in [0.717, 1.165) is 5.92 Å². The van der Waals surface area contributed by atoms with Gasteiger partial charge in [-0.3, -0.25) is 0 Å². The summed E-state index contributed by atoms with van der Waals surface area (Å²) in [7, 11) is 0. The largest absolute Gasteiger partial charge is 0.0525 e. The summed E-state index contributed by atoms with van der Waals surface area (Å²) in [5.41, 5.74) is 0.330. The SMILES string of the molecule is [2H][C@H]1[C@@H]2C[C@H]3CCC[C@]3(C2)[C@H]1[2H]. The molecule has 10 heavy (non-hydrogen) atoms. The average Bonchev–Trinajstić information content (AvgIpc) is 2.60. The Bertz CT molecular complexity index is 216. The Labute approximate surface area is 65.8 Å². The third-order valence-corrected chi connectivity index (χ3v) is 3.94. The van der Waals surface area contributed by atoms with Crippen molar-refractivity contribution in [3.8, 4) is 0 Å². The second-order valence-electron chi connectivity index (χ2n) is 4.38. The van der Waals surface area contributed by atoms with Gasteiger partial charge in [0.1, 0.15) is 0 Å². The molecule has 0 heterocycles. The molecule has 3 aliphatic carbocycles. The first kappa shape index (κ1) is 4.13. The molecule has 0 saturated heterocycles. The Morgan fingerprint density at radius 1 is 1.50 bits per heavy atom. The molecule has 0 amide bonds. The van der Waals surface area contributed by atoms with E-state index < -0.39 is 0 Å². The second kappa shape index (κ2) is 1.60. The van der Waals surface area contributed by atoms with E-state index >= 15 is 0 Å². The highest BCUT2D eigenvalue weighted by Crippen LogP contribution is 2.64. The Balaban J connectivity index is 2.00. The molecule has 0 unspecified atom stereocenters. The van der Waals surface area contributed by atoms with Gasteiger partial charge in [0.2, 0.25) is 0 Å². The van der Waals surface area contributed by atoms with E-state index in [0.29, 0.717) is 11.3 Å². The van der Waals surface area contributed by atoms with Crippen molar-refractivity contribution >= 4 is 0 Å². The van der Waals surface area contributed by atoms with E-state index in [-0.39, 0.29) is 12.8 Å². The third kappa shape index (κ3) is 0.500. The monoisotopic (exact) mass is 138 g/mol. The van der Waals surface area contributed by atoms with Crippen LogP contribution >= 0.6 is 0 Å². The van der Waals surface area contributed by atoms with Crippen LogP contribution in [0.3, 0.4) is 0 Å². The van der Waals surface area contributed by atoms with Crippen molar-refractivity contribution in [3.63, 3.8) is 0 Å². The molecule has 0 aromatic carbocycles. The first-order chi connectivity index (χ1) is 5.74. The van der Waals surface area contributed by atoms with Crippen LogP contribution in [0.15, 0.2) is 0 Å². The standard InChI is InChI=1S/C10H16/c1-2-9-6-8-3-5-10(9,4-1)7-8/h8-9H,1-7H2/t8-,9-,10-/m1/s1/i3D,5D/t3-,5+,8-,9-,10-. The van der Waals surface area contributed by atoms with Crippen LogP contribution in [-0.4, -0.2) is 0 Å². The van der Waals surface area contributed by atoms with E-state index in [4.69, 9.17) is 2.74 Å².